The summed E-state index contributed by atoms with van der Waals surface area (Å²) in [5.74, 6) is 0.757. The molecule has 0 spiro atoms. The largest absolute Gasteiger partial charge is 0.489 e. The van der Waals surface area contributed by atoms with Gasteiger partial charge in [-0.05, 0) is 42.0 Å². The number of carbonyl (C=O) groups excluding carboxylic acids is 1. The summed E-state index contributed by atoms with van der Waals surface area (Å²) >= 11 is 0. The average molecular weight is 318 g/mol. The fourth-order valence-corrected chi connectivity index (χ4v) is 2.19. The molecule has 0 atom stereocenters. The quantitative estimate of drug-likeness (QED) is 0.702. The van der Waals surface area contributed by atoms with Crippen molar-refractivity contribution in [2.45, 2.75) is 6.61 Å². The van der Waals surface area contributed by atoms with Gasteiger partial charge < -0.3 is 15.4 Å². The second-order valence-corrected chi connectivity index (χ2v) is 5.24. The minimum atomic E-state index is -0.279. The molecule has 3 rings (SSSR count). The number of nitrogens with one attached hydrogen (secondary N) is 2. The van der Waals surface area contributed by atoms with Gasteiger partial charge in [0.2, 0.25) is 0 Å². The summed E-state index contributed by atoms with van der Waals surface area (Å²) < 4.78 is 5.72. The van der Waals surface area contributed by atoms with Crippen molar-refractivity contribution in [3.8, 4) is 5.75 Å². The third-order valence-corrected chi connectivity index (χ3v) is 3.39. The van der Waals surface area contributed by atoms with Crippen LogP contribution in [0.5, 0.6) is 5.75 Å². The lowest BCUT2D eigenvalue weighted by atomic mass is 10.2. The molecule has 0 aliphatic rings. The van der Waals surface area contributed by atoms with Crippen LogP contribution in [-0.4, -0.2) is 6.03 Å². The molecular weight excluding hydrogens is 300 g/mol. The Labute approximate surface area is 141 Å². The highest BCUT2D eigenvalue weighted by molar-refractivity contribution is 5.99. The van der Waals surface area contributed by atoms with Gasteiger partial charge in [-0.2, -0.15) is 0 Å². The highest BCUT2D eigenvalue weighted by atomic mass is 16.5. The lowest BCUT2D eigenvalue weighted by Gasteiger charge is -2.09. The van der Waals surface area contributed by atoms with Crippen LogP contribution in [0, 0.1) is 0 Å². The van der Waals surface area contributed by atoms with Crippen molar-refractivity contribution in [1.82, 2.24) is 0 Å². The minimum Gasteiger partial charge on any atom is -0.489 e. The summed E-state index contributed by atoms with van der Waals surface area (Å²) in [5, 5.41) is 5.56. The lowest BCUT2D eigenvalue weighted by molar-refractivity contribution is 0.262. The third kappa shape index (κ3) is 4.61. The Bertz CT molecular complexity index is 772. The number of carbonyl (C=O) groups is 1. The summed E-state index contributed by atoms with van der Waals surface area (Å²) in [6.45, 7) is 0.516. The van der Waals surface area contributed by atoms with E-state index in [2.05, 4.69) is 10.6 Å². The van der Waals surface area contributed by atoms with Crippen LogP contribution in [0.3, 0.4) is 0 Å². The Morgan fingerprint density at radius 2 is 1.25 bits per heavy atom. The number of hydrogen-bond donors (Lipinski definition) is 2. The number of anilines is 2. The zero-order valence-corrected chi connectivity index (χ0v) is 13.1. The monoisotopic (exact) mass is 318 g/mol. The normalized spacial score (nSPS) is 10.0. The first-order chi connectivity index (χ1) is 11.8. The van der Waals surface area contributed by atoms with Gasteiger partial charge in [-0.3, -0.25) is 0 Å². The molecule has 3 aromatic rings. The highest BCUT2D eigenvalue weighted by Crippen LogP contribution is 2.17. The van der Waals surface area contributed by atoms with Crippen LogP contribution in [0.15, 0.2) is 84.9 Å². The Balaban J connectivity index is 1.51. The SMILES string of the molecule is O=C(Nc1ccccc1)Nc1ccc(OCc2ccccc2)cc1. The number of para-hydroxylation sites is 1. The molecule has 0 aromatic heterocycles. The van der Waals surface area contributed by atoms with Crippen molar-refractivity contribution < 1.29 is 9.53 Å². The van der Waals surface area contributed by atoms with Gasteiger partial charge in [-0.25, -0.2) is 4.79 Å². The van der Waals surface area contributed by atoms with Crippen molar-refractivity contribution in [2.75, 3.05) is 10.6 Å². The van der Waals surface area contributed by atoms with E-state index in [1.54, 1.807) is 0 Å². The Hall–Kier alpha value is -3.27. The van der Waals surface area contributed by atoms with E-state index in [9.17, 15) is 4.79 Å². The zero-order chi connectivity index (χ0) is 16.6. The topological polar surface area (TPSA) is 50.4 Å². The standard InChI is InChI=1S/C20H18N2O2/c23-20(21-17-9-5-2-6-10-17)22-18-11-13-19(14-12-18)24-15-16-7-3-1-4-8-16/h1-14H,15H2,(H2,21,22,23). The number of rotatable bonds is 5. The molecule has 0 radical (unpaired) electrons. The van der Waals surface area contributed by atoms with E-state index in [1.807, 2.05) is 84.9 Å². The van der Waals surface area contributed by atoms with E-state index in [-0.39, 0.29) is 6.03 Å². The van der Waals surface area contributed by atoms with Crippen molar-refractivity contribution in [3.05, 3.63) is 90.5 Å². The molecule has 0 saturated heterocycles. The maximum atomic E-state index is 11.9. The minimum absolute atomic E-state index is 0.279. The maximum absolute atomic E-state index is 11.9. The van der Waals surface area contributed by atoms with Gasteiger partial charge in [0.25, 0.3) is 0 Å². The Morgan fingerprint density at radius 3 is 1.88 bits per heavy atom. The van der Waals surface area contributed by atoms with Gasteiger partial charge in [-0.15, -0.1) is 0 Å². The number of hydrogen-bond acceptors (Lipinski definition) is 2. The van der Waals surface area contributed by atoms with Crippen LogP contribution in [0.25, 0.3) is 0 Å². The second kappa shape index (κ2) is 7.83. The summed E-state index contributed by atoms with van der Waals surface area (Å²) in [5.41, 5.74) is 2.57. The van der Waals surface area contributed by atoms with Crippen LogP contribution < -0.4 is 15.4 Å². The fraction of sp³-hybridized carbons (Fsp3) is 0.0500. The lowest BCUT2D eigenvalue weighted by Crippen LogP contribution is -2.19. The average Bonchev–Trinajstić information content (AvgIpc) is 2.63. The Morgan fingerprint density at radius 1 is 0.708 bits per heavy atom. The number of ether oxygens (including phenoxy) is 1. The van der Waals surface area contributed by atoms with Crippen molar-refractivity contribution >= 4 is 17.4 Å². The van der Waals surface area contributed by atoms with Crippen LogP contribution >= 0.6 is 0 Å². The molecule has 0 aliphatic carbocycles. The van der Waals surface area contributed by atoms with E-state index in [1.165, 1.54) is 0 Å². The second-order valence-electron chi connectivity index (χ2n) is 5.24. The van der Waals surface area contributed by atoms with Gasteiger partial charge in [0.1, 0.15) is 12.4 Å². The molecule has 24 heavy (non-hydrogen) atoms. The molecule has 0 bridgehead atoms. The van der Waals surface area contributed by atoms with Gasteiger partial charge in [0.05, 0.1) is 0 Å². The number of amides is 2. The van der Waals surface area contributed by atoms with E-state index in [0.29, 0.717) is 12.3 Å². The zero-order valence-electron chi connectivity index (χ0n) is 13.1. The van der Waals surface area contributed by atoms with Crippen molar-refractivity contribution in [2.24, 2.45) is 0 Å². The summed E-state index contributed by atoms with van der Waals surface area (Å²) in [7, 11) is 0. The molecule has 0 aliphatic heterocycles. The predicted molar refractivity (Wildman–Crippen MR) is 96.3 cm³/mol. The summed E-state index contributed by atoms with van der Waals surface area (Å²) in [6, 6.07) is 26.3. The number of benzene rings is 3. The Kier molecular flexibility index (Phi) is 5.10. The van der Waals surface area contributed by atoms with Gasteiger partial charge in [0.15, 0.2) is 0 Å². The first-order valence-electron chi connectivity index (χ1n) is 7.69. The molecule has 2 amide bonds. The van der Waals surface area contributed by atoms with Gasteiger partial charge in [0, 0.05) is 11.4 Å². The molecule has 4 nitrogen and oxygen atoms in total. The summed E-state index contributed by atoms with van der Waals surface area (Å²) in [6.07, 6.45) is 0. The van der Waals surface area contributed by atoms with E-state index < -0.39 is 0 Å². The van der Waals surface area contributed by atoms with Crippen molar-refractivity contribution in [3.63, 3.8) is 0 Å². The molecule has 3 aromatic carbocycles. The maximum Gasteiger partial charge on any atom is 0.323 e. The number of urea groups is 1. The van der Waals surface area contributed by atoms with Crippen LogP contribution in [0.1, 0.15) is 5.56 Å². The predicted octanol–water partition coefficient (Wildman–Crippen LogP) is 4.91. The van der Waals surface area contributed by atoms with Gasteiger partial charge >= 0.3 is 6.03 Å². The first-order valence-corrected chi connectivity index (χ1v) is 7.69. The molecule has 2 N–H and O–H groups in total. The molecule has 0 unspecified atom stereocenters. The smallest absolute Gasteiger partial charge is 0.323 e. The fourth-order valence-electron chi connectivity index (χ4n) is 2.19. The van der Waals surface area contributed by atoms with Crippen molar-refractivity contribution in [1.29, 1.82) is 0 Å². The molecule has 0 saturated carbocycles. The molecular formula is C20H18N2O2. The molecule has 0 fully saturated rings. The van der Waals surface area contributed by atoms with Crippen LogP contribution in [0.2, 0.25) is 0 Å². The van der Waals surface area contributed by atoms with Crippen LogP contribution in [0.4, 0.5) is 16.2 Å². The molecule has 4 heteroatoms. The first kappa shape index (κ1) is 15.6. The van der Waals surface area contributed by atoms with E-state index >= 15 is 0 Å². The highest BCUT2D eigenvalue weighted by Gasteiger charge is 2.03. The van der Waals surface area contributed by atoms with E-state index in [4.69, 9.17) is 4.74 Å². The van der Waals surface area contributed by atoms with Crippen LogP contribution in [-0.2, 0) is 6.61 Å². The van der Waals surface area contributed by atoms with E-state index in [0.717, 1.165) is 17.0 Å². The van der Waals surface area contributed by atoms with Gasteiger partial charge in [-0.1, -0.05) is 48.5 Å². The molecule has 120 valence electrons. The third-order valence-electron chi connectivity index (χ3n) is 3.39. The summed E-state index contributed by atoms with van der Waals surface area (Å²) in [4.78, 5) is 11.9. The molecule has 0 heterocycles.